The number of ether oxygens (including phenoxy) is 2. The molecule has 0 atom stereocenters. The molecule has 0 radical (unpaired) electrons. The molecule has 0 saturated carbocycles. The Morgan fingerprint density at radius 2 is 2.19 bits per heavy atom. The van der Waals surface area contributed by atoms with Crippen LogP contribution in [0.1, 0.15) is 18.3 Å². The summed E-state index contributed by atoms with van der Waals surface area (Å²) in [5.74, 6) is 2.04. The summed E-state index contributed by atoms with van der Waals surface area (Å²) >= 11 is 6.09. The molecule has 2 rings (SSSR count). The van der Waals surface area contributed by atoms with Crippen LogP contribution in [0.5, 0.6) is 11.5 Å². The van der Waals surface area contributed by atoms with E-state index in [-0.39, 0.29) is 0 Å². The van der Waals surface area contributed by atoms with E-state index in [2.05, 4.69) is 15.4 Å². The zero-order valence-corrected chi connectivity index (χ0v) is 13.1. The van der Waals surface area contributed by atoms with E-state index in [0.29, 0.717) is 29.7 Å². The van der Waals surface area contributed by atoms with Gasteiger partial charge in [0.05, 0.1) is 7.11 Å². The molecule has 0 bridgehead atoms. The van der Waals surface area contributed by atoms with E-state index >= 15 is 0 Å². The lowest BCUT2D eigenvalue weighted by Crippen LogP contribution is -2.11. The molecule has 114 valence electrons. The first-order valence-electron chi connectivity index (χ1n) is 6.70. The van der Waals surface area contributed by atoms with Crippen LogP contribution in [0.25, 0.3) is 0 Å². The number of methoxy groups -OCH3 is 1. The summed E-state index contributed by atoms with van der Waals surface area (Å²) in [5.41, 5.74) is 0.935. The van der Waals surface area contributed by atoms with Gasteiger partial charge in [0.25, 0.3) is 0 Å². The summed E-state index contributed by atoms with van der Waals surface area (Å²) in [6.45, 7) is 3.71. The van der Waals surface area contributed by atoms with Crippen LogP contribution in [-0.2, 0) is 19.7 Å². The third kappa shape index (κ3) is 3.65. The summed E-state index contributed by atoms with van der Waals surface area (Å²) < 4.78 is 13.1. The lowest BCUT2D eigenvalue weighted by molar-refractivity contribution is 0.266. The van der Waals surface area contributed by atoms with Crippen LogP contribution in [0.15, 0.2) is 18.5 Å². The largest absolute Gasteiger partial charge is 0.493 e. The zero-order chi connectivity index (χ0) is 15.2. The third-order valence-corrected chi connectivity index (χ3v) is 3.24. The molecule has 2 aromatic rings. The predicted molar refractivity (Wildman–Crippen MR) is 80.8 cm³/mol. The third-order valence-electron chi connectivity index (χ3n) is 3.02. The Morgan fingerprint density at radius 3 is 2.86 bits per heavy atom. The van der Waals surface area contributed by atoms with Gasteiger partial charge < -0.3 is 14.8 Å². The van der Waals surface area contributed by atoms with Crippen LogP contribution >= 0.6 is 11.6 Å². The standard InChI is InChI=1S/C14H19ClN4O2/c1-4-19-13(17-9-18-19)8-21-14-10(7-16-2)5-11(15)6-12(14)20-3/h5-6,9,16H,4,7-8H2,1-3H3. The highest BCUT2D eigenvalue weighted by Crippen LogP contribution is 2.35. The summed E-state index contributed by atoms with van der Waals surface area (Å²) in [6.07, 6.45) is 1.52. The van der Waals surface area contributed by atoms with E-state index in [0.717, 1.165) is 17.9 Å². The first-order valence-corrected chi connectivity index (χ1v) is 7.07. The van der Waals surface area contributed by atoms with Gasteiger partial charge in [-0.2, -0.15) is 5.10 Å². The van der Waals surface area contributed by atoms with Gasteiger partial charge >= 0.3 is 0 Å². The fourth-order valence-electron chi connectivity index (χ4n) is 2.06. The Hall–Kier alpha value is -1.79. The quantitative estimate of drug-likeness (QED) is 0.850. The Labute approximate surface area is 129 Å². The van der Waals surface area contributed by atoms with Crippen molar-refractivity contribution in [3.8, 4) is 11.5 Å². The van der Waals surface area contributed by atoms with E-state index < -0.39 is 0 Å². The van der Waals surface area contributed by atoms with Gasteiger partial charge in [0.2, 0.25) is 0 Å². The normalized spacial score (nSPS) is 10.7. The number of hydrogen-bond acceptors (Lipinski definition) is 5. The molecular weight excluding hydrogens is 292 g/mol. The lowest BCUT2D eigenvalue weighted by atomic mass is 10.2. The molecule has 1 heterocycles. The molecule has 7 heteroatoms. The molecule has 0 unspecified atom stereocenters. The van der Waals surface area contributed by atoms with Gasteiger partial charge in [-0.25, -0.2) is 9.67 Å². The number of aromatic nitrogens is 3. The topological polar surface area (TPSA) is 61.2 Å². The molecular formula is C14H19ClN4O2. The maximum atomic E-state index is 6.09. The molecule has 1 aromatic carbocycles. The molecule has 1 aromatic heterocycles. The van der Waals surface area contributed by atoms with Gasteiger partial charge in [0.15, 0.2) is 17.3 Å². The lowest BCUT2D eigenvalue weighted by Gasteiger charge is -2.15. The Kier molecular flexibility index (Phi) is 5.41. The van der Waals surface area contributed by atoms with Gasteiger partial charge in [-0.3, -0.25) is 0 Å². The highest BCUT2D eigenvalue weighted by atomic mass is 35.5. The van der Waals surface area contributed by atoms with Gasteiger partial charge in [0, 0.05) is 29.7 Å². The first kappa shape index (κ1) is 15.6. The van der Waals surface area contributed by atoms with Crippen molar-refractivity contribution in [2.75, 3.05) is 14.2 Å². The molecule has 0 saturated heterocycles. The number of aryl methyl sites for hydroxylation is 1. The van der Waals surface area contributed by atoms with E-state index in [1.165, 1.54) is 6.33 Å². The first-order chi connectivity index (χ1) is 10.2. The SMILES string of the molecule is CCn1ncnc1COc1c(CNC)cc(Cl)cc1OC. The van der Waals surface area contributed by atoms with Crippen molar-refractivity contribution in [2.24, 2.45) is 0 Å². The summed E-state index contributed by atoms with van der Waals surface area (Å²) in [6, 6.07) is 3.60. The minimum Gasteiger partial charge on any atom is -0.493 e. The monoisotopic (exact) mass is 310 g/mol. The second kappa shape index (κ2) is 7.28. The van der Waals surface area contributed by atoms with Crippen LogP contribution in [0.2, 0.25) is 5.02 Å². The van der Waals surface area contributed by atoms with Crippen LogP contribution in [0, 0.1) is 0 Å². The Bertz CT molecular complexity index is 601. The van der Waals surface area contributed by atoms with E-state index in [9.17, 15) is 0 Å². The number of nitrogens with one attached hydrogen (secondary N) is 1. The molecule has 21 heavy (non-hydrogen) atoms. The van der Waals surface area contributed by atoms with Crippen LogP contribution in [-0.4, -0.2) is 28.9 Å². The number of hydrogen-bond donors (Lipinski definition) is 1. The van der Waals surface area contributed by atoms with Crippen molar-refractivity contribution in [3.63, 3.8) is 0 Å². The summed E-state index contributed by atoms with van der Waals surface area (Å²) in [5, 5.41) is 7.83. The second-order valence-corrected chi connectivity index (χ2v) is 4.84. The fourth-order valence-corrected chi connectivity index (χ4v) is 2.29. The number of halogens is 1. The van der Waals surface area contributed by atoms with E-state index in [1.54, 1.807) is 17.9 Å². The maximum Gasteiger partial charge on any atom is 0.166 e. The smallest absolute Gasteiger partial charge is 0.166 e. The van der Waals surface area contributed by atoms with Crippen molar-refractivity contribution in [1.29, 1.82) is 0 Å². The summed E-state index contributed by atoms with van der Waals surface area (Å²) in [7, 11) is 3.46. The highest BCUT2D eigenvalue weighted by Gasteiger charge is 2.14. The van der Waals surface area contributed by atoms with E-state index in [1.807, 2.05) is 20.0 Å². The molecule has 0 aliphatic carbocycles. The van der Waals surface area contributed by atoms with Gasteiger partial charge in [-0.15, -0.1) is 0 Å². The van der Waals surface area contributed by atoms with Crippen LogP contribution < -0.4 is 14.8 Å². The fraction of sp³-hybridized carbons (Fsp3) is 0.429. The van der Waals surface area contributed by atoms with Crippen molar-refractivity contribution >= 4 is 11.6 Å². The minimum atomic E-state index is 0.322. The number of rotatable bonds is 7. The van der Waals surface area contributed by atoms with Gasteiger partial charge in [-0.1, -0.05) is 11.6 Å². The van der Waals surface area contributed by atoms with E-state index in [4.69, 9.17) is 21.1 Å². The Balaban J connectivity index is 2.25. The average molecular weight is 311 g/mol. The van der Waals surface area contributed by atoms with Crippen molar-refractivity contribution in [2.45, 2.75) is 26.6 Å². The van der Waals surface area contributed by atoms with Crippen molar-refractivity contribution < 1.29 is 9.47 Å². The molecule has 0 spiro atoms. The van der Waals surface area contributed by atoms with Gasteiger partial charge in [-0.05, 0) is 20.0 Å². The van der Waals surface area contributed by atoms with Gasteiger partial charge in [0.1, 0.15) is 12.9 Å². The molecule has 0 aliphatic heterocycles. The average Bonchev–Trinajstić information content (AvgIpc) is 2.93. The molecule has 6 nitrogen and oxygen atoms in total. The molecule has 0 fully saturated rings. The zero-order valence-electron chi connectivity index (χ0n) is 12.4. The molecule has 1 N–H and O–H groups in total. The summed E-state index contributed by atoms with van der Waals surface area (Å²) in [4.78, 5) is 4.20. The number of nitrogens with zero attached hydrogens (tertiary/aromatic N) is 3. The predicted octanol–water partition coefficient (Wildman–Crippen LogP) is 2.26. The minimum absolute atomic E-state index is 0.322. The van der Waals surface area contributed by atoms with Crippen LogP contribution in [0.4, 0.5) is 0 Å². The molecule has 0 aliphatic rings. The van der Waals surface area contributed by atoms with Crippen molar-refractivity contribution in [3.05, 3.63) is 34.9 Å². The Morgan fingerprint density at radius 1 is 1.38 bits per heavy atom. The maximum absolute atomic E-state index is 6.09. The molecule has 0 amide bonds. The highest BCUT2D eigenvalue weighted by molar-refractivity contribution is 6.30. The van der Waals surface area contributed by atoms with Crippen molar-refractivity contribution in [1.82, 2.24) is 20.1 Å². The number of benzene rings is 1. The van der Waals surface area contributed by atoms with Crippen LogP contribution in [0.3, 0.4) is 0 Å². The second-order valence-electron chi connectivity index (χ2n) is 4.41.